The number of halogens is 1. The largest absolute Gasteiger partial charge is 0.376 e. The van der Waals surface area contributed by atoms with Crippen molar-refractivity contribution in [1.82, 2.24) is 9.78 Å². The molecule has 1 aromatic rings. The summed E-state index contributed by atoms with van der Waals surface area (Å²) < 4.78 is 8.56. The predicted octanol–water partition coefficient (Wildman–Crippen LogP) is 2.00. The van der Waals surface area contributed by atoms with Crippen LogP contribution in [0.1, 0.15) is 31.5 Å². The molecular formula is C11H18BrN3O. The first-order valence-electron chi connectivity index (χ1n) is 5.69. The van der Waals surface area contributed by atoms with Crippen molar-refractivity contribution < 1.29 is 4.74 Å². The summed E-state index contributed by atoms with van der Waals surface area (Å²) in [5.41, 5.74) is 7.32. The second-order valence-electron chi connectivity index (χ2n) is 4.28. The molecule has 0 aromatic carbocycles. The number of hydrogen-bond acceptors (Lipinski definition) is 3. The molecule has 5 heteroatoms. The van der Waals surface area contributed by atoms with Crippen LogP contribution >= 0.6 is 15.9 Å². The normalized spacial score (nSPS) is 19.8. The highest BCUT2D eigenvalue weighted by Crippen LogP contribution is 2.40. The van der Waals surface area contributed by atoms with Crippen molar-refractivity contribution in [3.8, 4) is 0 Å². The fraction of sp³-hybridized carbons (Fsp3) is 0.727. The Morgan fingerprint density at radius 2 is 2.38 bits per heavy atom. The Hall–Kier alpha value is -0.390. The third-order valence-electron chi connectivity index (χ3n) is 3.05. The first-order chi connectivity index (χ1) is 7.65. The summed E-state index contributed by atoms with van der Waals surface area (Å²) in [6.45, 7) is 2.73. The lowest BCUT2D eigenvalue weighted by molar-refractivity contribution is 0.0264. The zero-order valence-electron chi connectivity index (χ0n) is 9.69. The minimum atomic E-state index is -0.102. The molecule has 1 aliphatic carbocycles. The Kier molecular flexibility index (Phi) is 3.66. The maximum absolute atomic E-state index is 6.30. The van der Waals surface area contributed by atoms with Crippen LogP contribution in [0.4, 0.5) is 0 Å². The number of nitrogens with zero attached hydrogens (tertiary/aromatic N) is 2. The van der Waals surface area contributed by atoms with Gasteiger partial charge in [0.2, 0.25) is 0 Å². The van der Waals surface area contributed by atoms with Crippen molar-refractivity contribution in [3.63, 3.8) is 0 Å². The zero-order chi connectivity index (χ0) is 11.7. The molecule has 0 spiro atoms. The van der Waals surface area contributed by atoms with E-state index in [0.717, 1.165) is 10.2 Å². The molecule has 2 N–H and O–H groups in total. The zero-order valence-corrected chi connectivity index (χ0v) is 11.3. The van der Waals surface area contributed by atoms with Gasteiger partial charge in [0.15, 0.2) is 0 Å². The number of ether oxygens (including phenoxy) is 1. The van der Waals surface area contributed by atoms with E-state index >= 15 is 0 Å². The summed E-state index contributed by atoms with van der Waals surface area (Å²) in [4.78, 5) is 0. The first kappa shape index (κ1) is 12.1. The second-order valence-corrected chi connectivity index (χ2v) is 5.14. The van der Waals surface area contributed by atoms with E-state index in [1.165, 1.54) is 12.8 Å². The van der Waals surface area contributed by atoms with Crippen molar-refractivity contribution in [1.29, 1.82) is 0 Å². The van der Waals surface area contributed by atoms with Crippen molar-refractivity contribution in [2.75, 3.05) is 6.61 Å². The Labute approximate surface area is 104 Å². The molecule has 2 unspecified atom stereocenters. The lowest BCUT2D eigenvalue weighted by atomic mass is 10.0. The van der Waals surface area contributed by atoms with Gasteiger partial charge in [-0.2, -0.15) is 5.10 Å². The van der Waals surface area contributed by atoms with Gasteiger partial charge in [-0.05, 0) is 41.6 Å². The van der Waals surface area contributed by atoms with E-state index in [0.29, 0.717) is 12.5 Å². The van der Waals surface area contributed by atoms with Gasteiger partial charge in [0.1, 0.15) is 0 Å². The van der Waals surface area contributed by atoms with Crippen LogP contribution in [0.25, 0.3) is 0 Å². The number of aromatic nitrogens is 2. The molecule has 1 aromatic heterocycles. The minimum Gasteiger partial charge on any atom is -0.376 e. The van der Waals surface area contributed by atoms with Gasteiger partial charge >= 0.3 is 0 Å². The molecule has 1 fully saturated rings. The molecular weight excluding hydrogens is 270 g/mol. The molecule has 16 heavy (non-hydrogen) atoms. The number of rotatable bonds is 5. The van der Waals surface area contributed by atoms with Crippen LogP contribution in [0.5, 0.6) is 0 Å². The monoisotopic (exact) mass is 287 g/mol. The lowest BCUT2D eigenvalue weighted by Crippen LogP contribution is -2.32. The van der Waals surface area contributed by atoms with Gasteiger partial charge in [-0.25, -0.2) is 0 Å². The van der Waals surface area contributed by atoms with E-state index in [4.69, 9.17) is 10.5 Å². The maximum atomic E-state index is 6.30. The van der Waals surface area contributed by atoms with E-state index in [-0.39, 0.29) is 12.1 Å². The Morgan fingerprint density at radius 3 is 2.81 bits per heavy atom. The minimum absolute atomic E-state index is 0.102. The molecule has 90 valence electrons. The van der Waals surface area contributed by atoms with Gasteiger partial charge in [-0.1, -0.05) is 0 Å². The summed E-state index contributed by atoms with van der Waals surface area (Å²) >= 11 is 3.49. The van der Waals surface area contributed by atoms with Crippen molar-refractivity contribution >= 4 is 15.9 Å². The van der Waals surface area contributed by atoms with Gasteiger partial charge in [-0.15, -0.1) is 0 Å². The van der Waals surface area contributed by atoms with Gasteiger partial charge in [0.25, 0.3) is 0 Å². The summed E-state index contributed by atoms with van der Waals surface area (Å²) in [7, 11) is 1.91. The summed E-state index contributed by atoms with van der Waals surface area (Å²) in [6.07, 6.45) is 4.36. The van der Waals surface area contributed by atoms with Crippen molar-refractivity contribution in [2.45, 2.75) is 31.9 Å². The molecule has 1 heterocycles. The van der Waals surface area contributed by atoms with Crippen LogP contribution in [0.15, 0.2) is 10.7 Å². The predicted molar refractivity (Wildman–Crippen MR) is 66.0 cm³/mol. The summed E-state index contributed by atoms with van der Waals surface area (Å²) in [5.74, 6) is 0.622. The molecule has 0 radical (unpaired) electrons. The Morgan fingerprint density at radius 1 is 1.69 bits per heavy atom. The Balaban J connectivity index is 2.18. The molecule has 1 aliphatic rings. The van der Waals surface area contributed by atoms with Crippen molar-refractivity contribution in [2.24, 2.45) is 18.7 Å². The molecule has 0 amide bonds. The highest BCUT2D eigenvalue weighted by atomic mass is 79.9. The highest BCUT2D eigenvalue weighted by molar-refractivity contribution is 9.10. The van der Waals surface area contributed by atoms with Crippen LogP contribution in [0.3, 0.4) is 0 Å². The standard InChI is InChI=1S/C11H18BrN3O/c1-3-16-11(7-4-5-7)9(13)10-8(12)6-14-15(10)2/h6-7,9,11H,3-5,13H2,1-2H3. The lowest BCUT2D eigenvalue weighted by Gasteiger charge is -2.24. The van der Waals surface area contributed by atoms with Gasteiger partial charge in [0.05, 0.1) is 28.5 Å². The topological polar surface area (TPSA) is 53.1 Å². The molecule has 2 rings (SSSR count). The third-order valence-corrected chi connectivity index (χ3v) is 3.66. The molecule has 4 nitrogen and oxygen atoms in total. The average molecular weight is 288 g/mol. The van der Waals surface area contributed by atoms with E-state index in [1.807, 2.05) is 18.7 Å². The van der Waals surface area contributed by atoms with Gasteiger partial charge in [0, 0.05) is 13.7 Å². The number of hydrogen-bond donors (Lipinski definition) is 1. The van der Waals surface area contributed by atoms with Crippen molar-refractivity contribution in [3.05, 3.63) is 16.4 Å². The fourth-order valence-electron chi connectivity index (χ4n) is 2.10. The van der Waals surface area contributed by atoms with E-state index in [1.54, 1.807) is 6.20 Å². The van der Waals surface area contributed by atoms with E-state index in [9.17, 15) is 0 Å². The SMILES string of the molecule is CCOC(C1CC1)C(N)c1c(Br)cnn1C. The fourth-order valence-corrected chi connectivity index (χ4v) is 2.71. The number of aryl methyl sites for hydroxylation is 1. The second kappa shape index (κ2) is 4.85. The smallest absolute Gasteiger partial charge is 0.0811 e. The Bertz CT molecular complexity index is 343. The molecule has 2 atom stereocenters. The van der Waals surface area contributed by atoms with E-state index in [2.05, 4.69) is 21.0 Å². The molecule has 1 saturated carbocycles. The summed E-state index contributed by atoms with van der Waals surface area (Å²) in [6, 6.07) is -0.102. The first-order valence-corrected chi connectivity index (χ1v) is 6.49. The highest BCUT2D eigenvalue weighted by Gasteiger charge is 2.38. The third kappa shape index (κ3) is 2.31. The van der Waals surface area contributed by atoms with Gasteiger partial charge < -0.3 is 10.5 Å². The molecule has 0 saturated heterocycles. The van der Waals surface area contributed by atoms with Crippen LogP contribution in [0.2, 0.25) is 0 Å². The summed E-state index contributed by atoms with van der Waals surface area (Å²) in [5, 5.41) is 4.19. The van der Waals surface area contributed by atoms with Crippen LogP contribution in [0, 0.1) is 5.92 Å². The average Bonchev–Trinajstić information content (AvgIpc) is 3.02. The maximum Gasteiger partial charge on any atom is 0.0811 e. The molecule has 0 bridgehead atoms. The van der Waals surface area contributed by atoms with Crippen LogP contribution < -0.4 is 5.73 Å². The van der Waals surface area contributed by atoms with Gasteiger partial charge in [-0.3, -0.25) is 4.68 Å². The molecule has 0 aliphatic heterocycles. The number of nitrogens with two attached hydrogens (primary N) is 1. The van der Waals surface area contributed by atoms with Crippen LogP contribution in [-0.4, -0.2) is 22.5 Å². The van der Waals surface area contributed by atoms with E-state index < -0.39 is 0 Å². The quantitative estimate of drug-likeness (QED) is 0.901. The van der Waals surface area contributed by atoms with Crippen LogP contribution in [-0.2, 0) is 11.8 Å².